The summed E-state index contributed by atoms with van der Waals surface area (Å²) in [5.41, 5.74) is 0. The minimum absolute atomic E-state index is 0.221. The number of carbonyl (C=O) groups is 2. The van der Waals surface area contributed by atoms with E-state index in [1.54, 1.807) is 0 Å². The number of aliphatic hydroxyl groups is 4. The van der Waals surface area contributed by atoms with Crippen LogP contribution in [0.15, 0.2) is 0 Å². The van der Waals surface area contributed by atoms with Gasteiger partial charge in [0.2, 0.25) is 0 Å². The van der Waals surface area contributed by atoms with Gasteiger partial charge in [-0.2, -0.15) is 0 Å². The second-order valence-corrected chi connectivity index (χ2v) is 14.1. The monoisotopic (exact) mass is 703 g/mol. The average molecular weight is 703 g/mol. The van der Waals surface area contributed by atoms with Crippen LogP contribution in [-0.2, 0) is 28.5 Å². The summed E-state index contributed by atoms with van der Waals surface area (Å²) in [4.78, 5) is 24.4. The molecular formula is C39H74O10. The molecular weight excluding hydrogens is 628 g/mol. The Labute approximate surface area is 298 Å². The predicted molar refractivity (Wildman–Crippen MR) is 192 cm³/mol. The number of carbonyl (C=O) groups excluding carboxylic acids is 2. The fourth-order valence-electron chi connectivity index (χ4n) is 6.29. The molecule has 1 heterocycles. The Morgan fingerprint density at radius 2 is 1.00 bits per heavy atom. The van der Waals surface area contributed by atoms with E-state index in [9.17, 15) is 30.0 Å². The zero-order valence-electron chi connectivity index (χ0n) is 31.2. The van der Waals surface area contributed by atoms with E-state index < -0.39 is 55.4 Å². The molecule has 49 heavy (non-hydrogen) atoms. The molecule has 0 amide bonds. The van der Waals surface area contributed by atoms with Gasteiger partial charge in [0, 0.05) is 12.8 Å². The fraction of sp³-hybridized carbons (Fsp3) is 0.949. The maximum Gasteiger partial charge on any atom is 0.306 e. The van der Waals surface area contributed by atoms with E-state index in [4.69, 9.17) is 18.9 Å². The Morgan fingerprint density at radius 1 is 0.551 bits per heavy atom. The highest BCUT2D eigenvalue weighted by Gasteiger charge is 2.44. The van der Waals surface area contributed by atoms with Gasteiger partial charge in [0.15, 0.2) is 12.4 Å². The molecule has 290 valence electrons. The molecule has 1 fully saturated rings. The van der Waals surface area contributed by atoms with Crippen LogP contribution in [0.4, 0.5) is 0 Å². The van der Waals surface area contributed by atoms with Crippen LogP contribution in [0.5, 0.6) is 0 Å². The quantitative estimate of drug-likeness (QED) is 0.0401. The number of ether oxygens (including phenoxy) is 4. The number of hydrogen-bond acceptors (Lipinski definition) is 10. The van der Waals surface area contributed by atoms with Gasteiger partial charge < -0.3 is 39.4 Å². The van der Waals surface area contributed by atoms with E-state index in [-0.39, 0.29) is 26.1 Å². The zero-order valence-corrected chi connectivity index (χ0v) is 31.2. The van der Waals surface area contributed by atoms with Crippen molar-refractivity contribution in [2.45, 2.75) is 218 Å². The molecule has 0 aliphatic carbocycles. The maximum atomic E-state index is 12.5. The predicted octanol–water partition coefficient (Wildman–Crippen LogP) is 7.44. The summed E-state index contributed by atoms with van der Waals surface area (Å²) >= 11 is 0. The van der Waals surface area contributed by atoms with Crippen LogP contribution in [0.2, 0.25) is 0 Å². The second-order valence-electron chi connectivity index (χ2n) is 14.1. The Kier molecular flexibility index (Phi) is 29.3. The van der Waals surface area contributed by atoms with Crippen molar-refractivity contribution in [3.05, 3.63) is 0 Å². The third kappa shape index (κ3) is 23.7. The van der Waals surface area contributed by atoms with E-state index in [1.807, 2.05) is 6.92 Å². The number of hydrogen-bond donors (Lipinski definition) is 4. The number of aliphatic hydroxyl groups excluding tert-OH is 4. The lowest BCUT2D eigenvalue weighted by atomic mass is 9.99. The lowest BCUT2D eigenvalue weighted by Crippen LogP contribution is -2.59. The third-order valence-electron chi connectivity index (χ3n) is 9.46. The molecule has 1 aliphatic rings. The smallest absolute Gasteiger partial charge is 0.306 e. The summed E-state index contributed by atoms with van der Waals surface area (Å²) in [6, 6.07) is 0. The largest absolute Gasteiger partial charge is 0.462 e. The number of esters is 2. The Balaban J connectivity index is 2.07. The summed E-state index contributed by atoms with van der Waals surface area (Å²) < 4.78 is 21.6. The Morgan fingerprint density at radius 3 is 1.43 bits per heavy atom. The molecule has 0 aromatic heterocycles. The molecule has 0 bridgehead atoms. The number of rotatable bonds is 33. The SMILES string of the molecule is CCCCCCCCCCCCCCCCCCCCCCCCCC(=O)OC(COC(=O)CCC)COC1OC(CO)C(O)C(O)C1O. The van der Waals surface area contributed by atoms with E-state index >= 15 is 0 Å². The van der Waals surface area contributed by atoms with Gasteiger partial charge in [-0.05, 0) is 12.8 Å². The van der Waals surface area contributed by atoms with Crippen molar-refractivity contribution in [1.29, 1.82) is 0 Å². The molecule has 1 rings (SSSR count). The van der Waals surface area contributed by atoms with Crippen LogP contribution in [0.1, 0.15) is 181 Å². The first-order valence-corrected chi connectivity index (χ1v) is 20.1. The van der Waals surface area contributed by atoms with Gasteiger partial charge in [0.25, 0.3) is 0 Å². The van der Waals surface area contributed by atoms with Gasteiger partial charge >= 0.3 is 11.9 Å². The molecule has 1 saturated heterocycles. The van der Waals surface area contributed by atoms with Gasteiger partial charge in [0.05, 0.1) is 13.2 Å². The summed E-state index contributed by atoms with van der Waals surface area (Å²) in [6.07, 6.45) is 23.1. The van der Waals surface area contributed by atoms with E-state index in [0.717, 1.165) is 19.3 Å². The molecule has 4 N–H and O–H groups in total. The summed E-state index contributed by atoms with van der Waals surface area (Å²) in [5.74, 6) is -0.858. The van der Waals surface area contributed by atoms with Gasteiger partial charge in [-0.1, -0.05) is 155 Å². The molecule has 0 aromatic rings. The first-order valence-electron chi connectivity index (χ1n) is 20.1. The normalized spacial score (nSPS) is 21.5. The highest BCUT2D eigenvalue weighted by atomic mass is 16.7. The van der Waals surface area contributed by atoms with Crippen molar-refractivity contribution < 1.29 is 49.0 Å². The van der Waals surface area contributed by atoms with Crippen LogP contribution in [0.3, 0.4) is 0 Å². The van der Waals surface area contributed by atoms with E-state index in [2.05, 4.69) is 6.92 Å². The van der Waals surface area contributed by atoms with Gasteiger partial charge in [-0.25, -0.2) is 0 Å². The van der Waals surface area contributed by atoms with Crippen LogP contribution in [0.25, 0.3) is 0 Å². The standard InChI is InChI=1S/C39H74O10/c1-3-5-6-7-8-9-10-11-12-13-14-15-16-17-18-19-20-21-22-23-24-25-26-28-35(42)48-32(30-46-34(41)27-4-2)31-47-39-38(45)37(44)36(43)33(29-40)49-39/h32-33,36-40,43-45H,3-31H2,1-2H3. The molecule has 10 nitrogen and oxygen atoms in total. The van der Waals surface area contributed by atoms with Gasteiger partial charge in [-0.3, -0.25) is 9.59 Å². The van der Waals surface area contributed by atoms with Crippen LogP contribution in [-0.4, -0.2) is 89.0 Å². The molecule has 1 aliphatic heterocycles. The minimum atomic E-state index is -1.59. The lowest BCUT2D eigenvalue weighted by molar-refractivity contribution is -0.305. The summed E-state index contributed by atoms with van der Waals surface area (Å²) in [6.45, 7) is 3.05. The number of unbranched alkanes of at least 4 members (excludes halogenated alkanes) is 22. The summed E-state index contributed by atoms with van der Waals surface area (Å²) in [5, 5.41) is 39.5. The average Bonchev–Trinajstić information content (AvgIpc) is 3.09. The van der Waals surface area contributed by atoms with E-state index in [0.29, 0.717) is 12.8 Å². The summed E-state index contributed by atoms with van der Waals surface area (Å²) in [7, 11) is 0. The molecule has 6 unspecified atom stereocenters. The van der Waals surface area contributed by atoms with Gasteiger partial charge in [0.1, 0.15) is 31.0 Å². The van der Waals surface area contributed by atoms with Crippen molar-refractivity contribution >= 4 is 11.9 Å². The van der Waals surface area contributed by atoms with Crippen LogP contribution < -0.4 is 0 Å². The van der Waals surface area contributed by atoms with Crippen LogP contribution >= 0.6 is 0 Å². The Bertz CT molecular complexity index is 779. The van der Waals surface area contributed by atoms with Crippen molar-refractivity contribution in [2.24, 2.45) is 0 Å². The van der Waals surface area contributed by atoms with Gasteiger partial charge in [-0.15, -0.1) is 0 Å². The Hall–Kier alpha value is -1.30. The highest BCUT2D eigenvalue weighted by Crippen LogP contribution is 2.22. The van der Waals surface area contributed by atoms with Crippen LogP contribution in [0, 0.1) is 0 Å². The topological polar surface area (TPSA) is 152 Å². The lowest BCUT2D eigenvalue weighted by Gasteiger charge is -2.39. The second kappa shape index (κ2) is 31.4. The maximum absolute atomic E-state index is 12.5. The molecule has 0 saturated carbocycles. The molecule has 10 heteroatoms. The molecule has 0 aromatic carbocycles. The zero-order chi connectivity index (χ0) is 36.0. The first kappa shape index (κ1) is 45.7. The molecule has 0 spiro atoms. The molecule has 6 atom stereocenters. The highest BCUT2D eigenvalue weighted by molar-refractivity contribution is 5.70. The van der Waals surface area contributed by atoms with Crippen molar-refractivity contribution in [3.63, 3.8) is 0 Å². The fourth-order valence-corrected chi connectivity index (χ4v) is 6.29. The van der Waals surface area contributed by atoms with Crippen molar-refractivity contribution in [3.8, 4) is 0 Å². The first-order chi connectivity index (χ1) is 23.8. The third-order valence-corrected chi connectivity index (χ3v) is 9.46. The molecule has 0 radical (unpaired) electrons. The van der Waals surface area contributed by atoms with E-state index in [1.165, 1.54) is 122 Å². The van der Waals surface area contributed by atoms with Crippen molar-refractivity contribution in [2.75, 3.05) is 19.8 Å². The van der Waals surface area contributed by atoms with Crippen molar-refractivity contribution in [1.82, 2.24) is 0 Å². The minimum Gasteiger partial charge on any atom is -0.462 e.